The lowest BCUT2D eigenvalue weighted by Gasteiger charge is -2.05. The summed E-state index contributed by atoms with van der Waals surface area (Å²) in [5.74, 6) is 0.721. The van der Waals surface area contributed by atoms with Gasteiger partial charge in [-0.2, -0.15) is 5.10 Å². The van der Waals surface area contributed by atoms with Crippen LogP contribution >= 0.6 is 11.3 Å². The van der Waals surface area contributed by atoms with E-state index in [9.17, 15) is 9.90 Å². The minimum absolute atomic E-state index is 0.170. The monoisotopic (exact) mass is 417 g/mol. The van der Waals surface area contributed by atoms with Gasteiger partial charge in [0.2, 0.25) is 5.88 Å². The molecule has 0 aliphatic carbocycles. The molecule has 1 aromatic carbocycles. The molecule has 0 amide bonds. The summed E-state index contributed by atoms with van der Waals surface area (Å²) in [4.78, 5) is 27.3. The average molecular weight is 417 g/mol. The molecule has 4 heterocycles. The van der Waals surface area contributed by atoms with Crippen molar-refractivity contribution in [1.29, 1.82) is 0 Å². The molecule has 0 saturated heterocycles. The molecule has 4 aromatic heterocycles. The van der Waals surface area contributed by atoms with Crippen molar-refractivity contribution < 1.29 is 5.11 Å². The minimum Gasteiger partial charge on any atom is -0.493 e. The highest BCUT2D eigenvalue weighted by molar-refractivity contribution is 7.10. The highest BCUT2D eigenvalue weighted by Gasteiger charge is 2.06. The molecule has 0 atom stereocenters. The molecule has 0 aliphatic rings. The lowest BCUT2D eigenvalue weighted by molar-refractivity contribution is 0.455. The Morgan fingerprint density at radius 3 is 2.93 bits per heavy atom. The van der Waals surface area contributed by atoms with Crippen molar-refractivity contribution in [3.05, 3.63) is 86.2 Å². The Hall–Kier alpha value is -4.05. The van der Waals surface area contributed by atoms with E-state index < -0.39 is 0 Å². The third kappa shape index (κ3) is 3.29. The van der Waals surface area contributed by atoms with Gasteiger partial charge in [0.25, 0.3) is 0 Å². The van der Waals surface area contributed by atoms with Crippen LogP contribution in [0.15, 0.2) is 64.9 Å². The number of thiazole rings is 1. The molecule has 0 spiro atoms. The summed E-state index contributed by atoms with van der Waals surface area (Å²) in [6, 6.07) is 9.55. The maximum absolute atomic E-state index is 11.4. The number of nitrogens with one attached hydrogen (secondary N) is 1. The highest BCUT2D eigenvalue weighted by Crippen LogP contribution is 2.18. The molecule has 5 rings (SSSR count). The number of rotatable bonds is 3. The summed E-state index contributed by atoms with van der Waals surface area (Å²) in [5, 5.41) is 14.8. The lowest BCUT2D eigenvalue weighted by atomic mass is 10.3. The molecule has 5 aromatic rings. The van der Waals surface area contributed by atoms with Gasteiger partial charge in [0.15, 0.2) is 11.1 Å². The van der Waals surface area contributed by atoms with Gasteiger partial charge in [-0.1, -0.05) is 17.4 Å². The molecule has 2 N–H and O–H groups in total. The lowest BCUT2D eigenvalue weighted by Crippen LogP contribution is -2.12. The normalized spacial score (nSPS) is 12.8. The van der Waals surface area contributed by atoms with Crippen molar-refractivity contribution in [2.24, 2.45) is 4.99 Å². The van der Waals surface area contributed by atoms with Crippen molar-refractivity contribution >= 4 is 28.7 Å². The fourth-order valence-electron chi connectivity index (χ4n) is 3.11. The molecule has 0 aliphatic heterocycles. The zero-order chi connectivity index (χ0) is 20.7. The van der Waals surface area contributed by atoms with Crippen LogP contribution in [0, 0.1) is 6.92 Å². The van der Waals surface area contributed by atoms with Crippen molar-refractivity contribution in [3.63, 3.8) is 0 Å². The first-order valence-corrected chi connectivity index (χ1v) is 9.82. The number of aromatic hydroxyl groups is 1. The largest absolute Gasteiger partial charge is 0.493 e. The van der Waals surface area contributed by atoms with Crippen LogP contribution in [0.2, 0.25) is 0 Å². The van der Waals surface area contributed by atoms with E-state index >= 15 is 0 Å². The second kappa shape index (κ2) is 7.08. The summed E-state index contributed by atoms with van der Waals surface area (Å²) in [5.41, 5.74) is 2.80. The smallest absolute Gasteiger partial charge is 0.307 e. The number of hydrogen-bond donors (Lipinski definition) is 2. The van der Waals surface area contributed by atoms with Crippen molar-refractivity contribution in [2.45, 2.75) is 6.92 Å². The number of nitrogens with zero attached hydrogens (tertiary/aromatic N) is 6. The Morgan fingerprint density at radius 1 is 1.27 bits per heavy atom. The second-order valence-electron chi connectivity index (χ2n) is 6.50. The Morgan fingerprint density at radius 2 is 2.17 bits per heavy atom. The zero-order valence-electron chi connectivity index (χ0n) is 15.7. The third-order valence-electron chi connectivity index (χ3n) is 4.50. The predicted molar refractivity (Wildman–Crippen MR) is 112 cm³/mol. The highest BCUT2D eigenvalue weighted by atomic mass is 32.1. The quantitative estimate of drug-likeness (QED) is 0.461. The van der Waals surface area contributed by atoms with Crippen LogP contribution in [0.5, 0.6) is 5.88 Å². The van der Waals surface area contributed by atoms with Crippen LogP contribution < -0.4 is 15.6 Å². The predicted octanol–water partition coefficient (Wildman–Crippen LogP) is 1.46. The Bertz CT molecular complexity index is 1560. The van der Waals surface area contributed by atoms with E-state index in [0.717, 1.165) is 28.5 Å². The van der Waals surface area contributed by atoms with E-state index in [-0.39, 0.29) is 10.8 Å². The molecule has 0 bridgehead atoms. The standard InChI is InChI=1S/C20H15N7O2S/c1-12-21-6-8-26(12)15-4-2-3-14(10-15)23-17-5-7-27-18(24-17)13(11-22-27)9-16-19(28)25-20(29)30-16/h2-11,28H,1H3,(H,25,29)/b13-9+,23-17?. The molecule has 0 radical (unpaired) electrons. The van der Waals surface area contributed by atoms with Gasteiger partial charge in [0.1, 0.15) is 5.82 Å². The number of hydrogen-bond acceptors (Lipinski definition) is 7. The molecule has 10 heteroatoms. The molecule has 0 unspecified atom stereocenters. The second-order valence-corrected chi connectivity index (χ2v) is 7.52. The number of H-pyrrole nitrogens is 1. The molecular formula is C20H15N7O2S. The van der Waals surface area contributed by atoms with Gasteiger partial charge in [0, 0.05) is 35.6 Å². The van der Waals surface area contributed by atoms with Crippen LogP contribution in [0.1, 0.15) is 10.7 Å². The van der Waals surface area contributed by atoms with E-state index in [1.807, 2.05) is 42.0 Å². The van der Waals surface area contributed by atoms with Crippen LogP contribution in [-0.4, -0.2) is 34.2 Å². The van der Waals surface area contributed by atoms with Gasteiger partial charge in [-0.15, -0.1) is 0 Å². The fourth-order valence-corrected chi connectivity index (χ4v) is 3.79. The SMILES string of the molecule is Cc1nccn1-c1cccc(N=c2ccn3nc/c(=C\c4sc(=O)[nH]c4O)c3n2)c1. The van der Waals surface area contributed by atoms with Crippen molar-refractivity contribution in [2.75, 3.05) is 0 Å². The first-order chi connectivity index (χ1) is 14.6. The van der Waals surface area contributed by atoms with Gasteiger partial charge >= 0.3 is 4.87 Å². The topological polar surface area (TPSA) is 113 Å². The Balaban J connectivity index is 1.61. The first-order valence-electron chi connectivity index (χ1n) is 9.00. The van der Waals surface area contributed by atoms with E-state index in [2.05, 4.69) is 25.0 Å². The maximum Gasteiger partial charge on any atom is 0.307 e. The Kier molecular flexibility index (Phi) is 4.25. The average Bonchev–Trinajstić information content (AvgIpc) is 3.42. The molecule has 0 saturated carbocycles. The van der Waals surface area contributed by atoms with Gasteiger partial charge in [-0.05, 0) is 31.2 Å². The van der Waals surface area contributed by atoms with Crippen LogP contribution in [-0.2, 0) is 0 Å². The van der Waals surface area contributed by atoms with E-state index in [1.165, 1.54) is 0 Å². The minimum atomic E-state index is -0.327. The van der Waals surface area contributed by atoms with E-state index in [1.54, 1.807) is 35.2 Å². The summed E-state index contributed by atoms with van der Waals surface area (Å²) >= 11 is 0.917. The number of imidazole rings is 1. The Labute approximate surface area is 173 Å². The molecule has 9 nitrogen and oxygen atoms in total. The summed E-state index contributed by atoms with van der Waals surface area (Å²) in [7, 11) is 0. The number of aryl methyl sites for hydroxylation is 1. The summed E-state index contributed by atoms with van der Waals surface area (Å²) in [6.07, 6.45) is 8.71. The van der Waals surface area contributed by atoms with Crippen molar-refractivity contribution in [3.8, 4) is 11.6 Å². The summed E-state index contributed by atoms with van der Waals surface area (Å²) in [6.45, 7) is 1.94. The van der Waals surface area contributed by atoms with Crippen LogP contribution in [0.3, 0.4) is 0 Å². The fraction of sp³-hybridized carbons (Fsp3) is 0.0500. The van der Waals surface area contributed by atoms with Crippen LogP contribution in [0.25, 0.3) is 17.4 Å². The number of fused-ring (bicyclic) bond motifs is 1. The molecular weight excluding hydrogens is 402 g/mol. The number of aromatic amines is 1. The zero-order valence-corrected chi connectivity index (χ0v) is 16.5. The van der Waals surface area contributed by atoms with Gasteiger partial charge in [-0.25, -0.2) is 19.5 Å². The molecule has 148 valence electrons. The van der Waals surface area contributed by atoms with Crippen LogP contribution in [0.4, 0.5) is 5.69 Å². The summed E-state index contributed by atoms with van der Waals surface area (Å²) < 4.78 is 3.59. The number of aromatic nitrogens is 6. The van der Waals surface area contributed by atoms with Crippen molar-refractivity contribution in [1.82, 2.24) is 29.1 Å². The molecule has 0 fully saturated rings. The first kappa shape index (κ1) is 18.0. The maximum atomic E-state index is 11.4. The van der Waals surface area contributed by atoms with E-state index in [0.29, 0.717) is 21.2 Å². The molecule has 30 heavy (non-hydrogen) atoms. The van der Waals surface area contributed by atoms with E-state index in [4.69, 9.17) is 0 Å². The van der Waals surface area contributed by atoms with Gasteiger partial charge < -0.3 is 9.67 Å². The van der Waals surface area contributed by atoms with Gasteiger partial charge in [0.05, 0.1) is 16.8 Å². The number of benzene rings is 1. The van der Waals surface area contributed by atoms with Gasteiger partial charge in [-0.3, -0.25) is 9.78 Å². The third-order valence-corrected chi connectivity index (χ3v) is 5.32.